The van der Waals surface area contributed by atoms with E-state index in [-0.39, 0.29) is 11.9 Å². The molecule has 0 unspecified atom stereocenters. The van der Waals surface area contributed by atoms with Gasteiger partial charge in [0.2, 0.25) is 0 Å². The zero-order valence-electron chi connectivity index (χ0n) is 9.26. The Labute approximate surface area is 90.1 Å². The molecule has 1 aromatic rings. The van der Waals surface area contributed by atoms with E-state index in [0.29, 0.717) is 18.5 Å². The average molecular weight is 211 g/mol. The highest BCUT2D eigenvalue weighted by atomic mass is 19.1. The largest absolute Gasteiger partial charge is 0.393 e. The average Bonchev–Trinajstić information content (AvgIpc) is 2.18. The number of nitrogens with one attached hydrogen (secondary N) is 1. The van der Waals surface area contributed by atoms with Gasteiger partial charge in [0.1, 0.15) is 5.82 Å². The van der Waals surface area contributed by atoms with Gasteiger partial charge in [0.15, 0.2) is 0 Å². The molecule has 0 saturated heterocycles. The molecule has 0 heterocycles. The molecule has 15 heavy (non-hydrogen) atoms. The summed E-state index contributed by atoms with van der Waals surface area (Å²) in [6, 6.07) is 5.24. The van der Waals surface area contributed by atoms with Crippen molar-refractivity contribution >= 4 is 0 Å². The summed E-state index contributed by atoms with van der Waals surface area (Å²) >= 11 is 0. The Morgan fingerprint density at radius 1 is 1.47 bits per heavy atom. The summed E-state index contributed by atoms with van der Waals surface area (Å²) in [5.74, 6) is -0.162. The van der Waals surface area contributed by atoms with Gasteiger partial charge in [0, 0.05) is 6.54 Å². The SMILES string of the molecule is Cc1ccc(CNCC[C@@H](C)O)cc1F. The van der Waals surface area contributed by atoms with Crippen LogP contribution >= 0.6 is 0 Å². The fourth-order valence-corrected chi connectivity index (χ4v) is 1.29. The Kier molecular flexibility index (Phi) is 4.72. The van der Waals surface area contributed by atoms with Crippen LogP contribution in [0.1, 0.15) is 24.5 Å². The van der Waals surface area contributed by atoms with E-state index in [2.05, 4.69) is 5.32 Å². The number of aliphatic hydroxyl groups is 1. The van der Waals surface area contributed by atoms with Crippen molar-refractivity contribution in [3.63, 3.8) is 0 Å². The van der Waals surface area contributed by atoms with Gasteiger partial charge in [-0.1, -0.05) is 12.1 Å². The first-order valence-electron chi connectivity index (χ1n) is 5.23. The summed E-state index contributed by atoms with van der Waals surface area (Å²) < 4.78 is 13.1. The minimum Gasteiger partial charge on any atom is -0.393 e. The highest BCUT2D eigenvalue weighted by Crippen LogP contribution is 2.08. The lowest BCUT2D eigenvalue weighted by Gasteiger charge is -2.07. The molecule has 1 rings (SSSR count). The smallest absolute Gasteiger partial charge is 0.126 e. The summed E-state index contributed by atoms with van der Waals surface area (Å²) in [4.78, 5) is 0. The first kappa shape index (κ1) is 12.1. The third-order valence-electron chi connectivity index (χ3n) is 2.30. The molecule has 0 saturated carbocycles. The van der Waals surface area contributed by atoms with Crippen LogP contribution in [0.2, 0.25) is 0 Å². The van der Waals surface area contributed by atoms with Crippen LogP contribution in [0.15, 0.2) is 18.2 Å². The van der Waals surface area contributed by atoms with Crippen molar-refractivity contribution in [2.75, 3.05) is 6.54 Å². The molecule has 0 aliphatic heterocycles. The minimum absolute atomic E-state index is 0.162. The molecule has 0 aromatic heterocycles. The van der Waals surface area contributed by atoms with E-state index in [4.69, 9.17) is 5.11 Å². The molecule has 0 radical (unpaired) electrons. The number of hydrogen-bond donors (Lipinski definition) is 2. The first-order chi connectivity index (χ1) is 7.09. The Bertz CT molecular complexity index is 312. The summed E-state index contributed by atoms with van der Waals surface area (Å²) in [5, 5.41) is 12.2. The molecule has 1 atom stereocenters. The van der Waals surface area contributed by atoms with Gasteiger partial charge < -0.3 is 10.4 Å². The molecule has 0 fully saturated rings. The molecule has 1 aromatic carbocycles. The van der Waals surface area contributed by atoms with Gasteiger partial charge in [0.25, 0.3) is 0 Å². The lowest BCUT2D eigenvalue weighted by atomic mass is 10.1. The van der Waals surface area contributed by atoms with Crippen LogP contribution in [0.5, 0.6) is 0 Å². The summed E-state index contributed by atoms with van der Waals surface area (Å²) in [7, 11) is 0. The fourth-order valence-electron chi connectivity index (χ4n) is 1.29. The zero-order valence-corrected chi connectivity index (χ0v) is 9.26. The van der Waals surface area contributed by atoms with Crippen molar-refractivity contribution in [3.8, 4) is 0 Å². The van der Waals surface area contributed by atoms with Gasteiger partial charge in [-0.25, -0.2) is 4.39 Å². The van der Waals surface area contributed by atoms with E-state index in [1.54, 1.807) is 26.0 Å². The van der Waals surface area contributed by atoms with Crippen LogP contribution in [0.4, 0.5) is 4.39 Å². The molecular formula is C12H18FNO. The monoisotopic (exact) mass is 211 g/mol. The van der Waals surface area contributed by atoms with E-state index >= 15 is 0 Å². The molecule has 0 amide bonds. The maximum atomic E-state index is 13.1. The number of benzene rings is 1. The van der Waals surface area contributed by atoms with Crippen molar-refractivity contribution in [2.45, 2.75) is 32.9 Å². The summed E-state index contributed by atoms with van der Waals surface area (Å²) in [6.45, 7) is 4.89. The molecule has 0 aliphatic carbocycles. The van der Waals surface area contributed by atoms with Gasteiger partial charge in [-0.05, 0) is 44.0 Å². The van der Waals surface area contributed by atoms with Crippen LogP contribution in [-0.4, -0.2) is 17.8 Å². The lowest BCUT2D eigenvalue weighted by molar-refractivity contribution is 0.183. The molecule has 0 spiro atoms. The third kappa shape index (κ3) is 4.40. The maximum Gasteiger partial charge on any atom is 0.126 e. The number of halogens is 1. The quantitative estimate of drug-likeness (QED) is 0.730. The molecule has 0 aliphatic rings. The van der Waals surface area contributed by atoms with Crippen LogP contribution in [0, 0.1) is 12.7 Å². The summed E-state index contributed by atoms with van der Waals surface area (Å²) in [6.07, 6.45) is 0.432. The highest BCUT2D eigenvalue weighted by Gasteiger charge is 1.99. The molecule has 3 heteroatoms. The first-order valence-corrected chi connectivity index (χ1v) is 5.23. The van der Waals surface area contributed by atoms with E-state index < -0.39 is 0 Å². The number of aryl methyl sites for hydroxylation is 1. The normalized spacial score (nSPS) is 12.8. The van der Waals surface area contributed by atoms with Crippen LogP contribution < -0.4 is 5.32 Å². The summed E-state index contributed by atoms with van der Waals surface area (Å²) in [5.41, 5.74) is 1.60. The van der Waals surface area contributed by atoms with Crippen LogP contribution in [0.25, 0.3) is 0 Å². The third-order valence-corrected chi connectivity index (χ3v) is 2.30. The van der Waals surface area contributed by atoms with Crippen molar-refractivity contribution in [1.82, 2.24) is 5.32 Å². The zero-order chi connectivity index (χ0) is 11.3. The van der Waals surface area contributed by atoms with Gasteiger partial charge in [0.05, 0.1) is 6.10 Å². The number of rotatable bonds is 5. The molecule has 2 nitrogen and oxygen atoms in total. The molecule has 2 N–H and O–H groups in total. The molecule has 0 bridgehead atoms. The van der Waals surface area contributed by atoms with Gasteiger partial charge >= 0.3 is 0 Å². The Balaban J connectivity index is 2.35. The van der Waals surface area contributed by atoms with Gasteiger partial charge in [-0.3, -0.25) is 0 Å². The van der Waals surface area contributed by atoms with Gasteiger partial charge in [-0.15, -0.1) is 0 Å². The fraction of sp³-hybridized carbons (Fsp3) is 0.500. The Hall–Kier alpha value is -0.930. The second-order valence-corrected chi connectivity index (χ2v) is 3.90. The highest BCUT2D eigenvalue weighted by molar-refractivity contribution is 5.23. The maximum absolute atomic E-state index is 13.1. The standard InChI is InChI=1S/C12H18FNO/c1-9-3-4-11(7-12(9)13)8-14-6-5-10(2)15/h3-4,7,10,14-15H,5-6,8H2,1-2H3/t10-/m1/s1. The lowest BCUT2D eigenvalue weighted by Crippen LogP contribution is -2.18. The second-order valence-electron chi connectivity index (χ2n) is 3.90. The number of hydrogen-bond acceptors (Lipinski definition) is 2. The van der Waals surface area contributed by atoms with Crippen LogP contribution in [0.3, 0.4) is 0 Å². The van der Waals surface area contributed by atoms with Crippen molar-refractivity contribution in [3.05, 3.63) is 35.1 Å². The molecule has 84 valence electrons. The van der Waals surface area contributed by atoms with Crippen molar-refractivity contribution in [2.24, 2.45) is 0 Å². The molecular weight excluding hydrogens is 193 g/mol. The van der Waals surface area contributed by atoms with E-state index in [9.17, 15) is 4.39 Å². The van der Waals surface area contributed by atoms with Crippen LogP contribution in [-0.2, 0) is 6.54 Å². The van der Waals surface area contributed by atoms with E-state index in [0.717, 1.165) is 12.1 Å². The van der Waals surface area contributed by atoms with E-state index in [1.807, 2.05) is 6.07 Å². The Morgan fingerprint density at radius 2 is 2.20 bits per heavy atom. The van der Waals surface area contributed by atoms with Crippen molar-refractivity contribution in [1.29, 1.82) is 0 Å². The predicted octanol–water partition coefficient (Wildman–Crippen LogP) is 1.99. The minimum atomic E-state index is -0.285. The Morgan fingerprint density at radius 3 is 2.80 bits per heavy atom. The predicted molar refractivity (Wildman–Crippen MR) is 59.1 cm³/mol. The van der Waals surface area contributed by atoms with Gasteiger partial charge in [-0.2, -0.15) is 0 Å². The second kappa shape index (κ2) is 5.83. The number of aliphatic hydroxyl groups excluding tert-OH is 1. The van der Waals surface area contributed by atoms with Crippen molar-refractivity contribution < 1.29 is 9.50 Å². The topological polar surface area (TPSA) is 32.3 Å². The van der Waals surface area contributed by atoms with E-state index in [1.165, 1.54) is 0 Å².